The van der Waals surface area contributed by atoms with Crippen molar-refractivity contribution in [2.75, 3.05) is 12.0 Å². The average molecular weight is 438 g/mol. The minimum atomic E-state index is -1.14. The second-order valence-electron chi connectivity index (χ2n) is 7.19. The van der Waals surface area contributed by atoms with Gasteiger partial charge in [-0.05, 0) is 61.7 Å². The van der Waals surface area contributed by atoms with Crippen LogP contribution in [-0.2, 0) is 14.4 Å². The summed E-state index contributed by atoms with van der Waals surface area (Å²) < 4.78 is 10.6. The molecule has 9 nitrogen and oxygen atoms in total. The molecular weight excluding hydrogens is 416 g/mol. The third-order valence-electron chi connectivity index (χ3n) is 5.07. The van der Waals surface area contributed by atoms with Gasteiger partial charge in [0.05, 0.1) is 12.8 Å². The van der Waals surface area contributed by atoms with Gasteiger partial charge in [-0.25, -0.2) is 14.5 Å². The first-order valence-electron chi connectivity index (χ1n) is 9.69. The summed E-state index contributed by atoms with van der Waals surface area (Å²) >= 11 is 0. The maximum Gasteiger partial charge on any atom is 0.344 e. The molecule has 1 saturated heterocycles. The minimum Gasteiger partial charge on any atom is -0.493 e. The van der Waals surface area contributed by atoms with Gasteiger partial charge in [0.25, 0.3) is 11.8 Å². The lowest BCUT2D eigenvalue weighted by molar-refractivity contribution is -0.144. The molecule has 0 aromatic heterocycles. The van der Waals surface area contributed by atoms with Crippen LogP contribution in [0.1, 0.15) is 23.6 Å². The molecule has 1 aliphatic heterocycles. The van der Waals surface area contributed by atoms with Crippen LogP contribution in [0.25, 0.3) is 6.08 Å². The summed E-state index contributed by atoms with van der Waals surface area (Å²) in [6.07, 6.45) is 0.228. The van der Waals surface area contributed by atoms with Crippen LogP contribution < -0.4 is 19.7 Å². The molecule has 1 unspecified atom stereocenters. The monoisotopic (exact) mass is 438 g/mol. The van der Waals surface area contributed by atoms with Gasteiger partial charge in [0.15, 0.2) is 17.6 Å². The minimum absolute atomic E-state index is 0.191. The topological polar surface area (TPSA) is 122 Å². The fraction of sp³-hybridized carbons (Fsp3) is 0.217. The van der Waals surface area contributed by atoms with Crippen LogP contribution in [-0.4, -0.2) is 42.1 Å². The Bertz CT molecular complexity index is 1150. The standard InChI is InChI=1S/C23H22N2O7/c1-12-6-5-7-17(13(12)2)25-21(27)16(20(26)24-23(25)30)10-15-8-9-18(19(11-15)31-4)32-14(3)22(28)29/h5-11,14H,1-4H3,(H,28,29)(H,24,26,30)/b16-10+. The van der Waals surface area contributed by atoms with Crippen molar-refractivity contribution in [3.63, 3.8) is 0 Å². The predicted octanol–water partition coefficient (Wildman–Crippen LogP) is 2.83. The Balaban J connectivity index is 1.99. The number of carbonyl (C=O) groups excluding carboxylic acids is 3. The van der Waals surface area contributed by atoms with Crippen LogP contribution in [0.15, 0.2) is 42.0 Å². The number of carboxylic acid groups (broad SMARTS) is 1. The number of nitrogens with one attached hydrogen (secondary N) is 1. The van der Waals surface area contributed by atoms with Gasteiger partial charge in [0.1, 0.15) is 5.57 Å². The van der Waals surface area contributed by atoms with E-state index in [1.807, 2.05) is 13.0 Å². The Morgan fingerprint density at radius 2 is 1.84 bits per heavy atom. The number of imide groups is 2. The van der Waals surface area contributed by atoms with Crippen molar-refractivity contribution in [3.05, 3.63) is 58.7 Å². The Hall–Kier alpha value is -4.14. The van der Waals surface area contributed by atoms with Gasteiger partial charge in [0, 0.05) is 0 Å². The average Bonchev–Trinajstić information content (AvgIpc) is 2.74. The van der Waals surface area contributed by atoms with E-state index in [9.17, 15) is 19.2 Å². The number of hydrogen-bond acceptors (Lipinski definition) is 6. The largest absolute Gasteiger partial charge is 0.493 e. The van der Waals surface area contributed by atoms with E-state index in [-0.39, 0.29) is 17.1 Å². The number of ether oxygens (including phenoxy) is 2. The number of nitrogens with zero attached hydrogens (tertiary/aromatic N) is 1. The van der Waals surface area contributed by atoms with Crippen LogP contribution in [0, 0.1) is 13.8 Å². The number of methoxy groups -OCH3 is 1. The van der Waals surface area contributed by atoms with E-state index in [4.69, 9.17) is 14.6 Å². The highest BCUT2D eigenvalue weighted by atomic mass is 16.5. The van der Waals surface area contributed by atoms with Crippen molar-refractivity contribution >= 4 is 35.6 Å². The molecule has 1 aliphatic rings. The number of carboxylic acids is 1. The number of carbonyl (C=O) groups is 4. The number of amides is 4. The predicted molar refractivity (Wildman–Crippen MR) is 116 cm³/mol. The molecular formula is C23H22N2O7. The highest BCUT2D eigenvalue weighted by Gasteiger charge is 2.37. The molecule has 1 atom stereocenters. The Morgan fingerprint density at radius 3 is 2.50 bits per heavy atom. The zero-order valence-corrected chi connectivity index (χ0v) is 18.0. The lowest BCUT2D eigenvalue weighted by Gasteiger charge is -2.28. The number of aliphatic carboxylic acids is 1. The summed E-state index contributed by atoms with van der Waals surface area (Å²) in [5.41, 5.74) is 2.20. The van der Waals surface area contributed by atoms with Gasteiger partial charge in [-0.2, -0.15) is 0 Å². The first-order chi connectivity index (χ1) is 15.1. The number of hydrogen-bond donors (Lipinski definition) is 2. The summed E-state index contributed by atoms with van der Waals surface area (Å²) in [7, 11) is 1.38. The maximum atomic E-state index is 13.1. The van der Waals surface area contributed by atoms with E-state index >= 15 is 0 Å². The molecule has 1 heterocycles. The summed E-state index contributed by atoms with van der Waals surface area (Å²) in [6.45, 7) is 5.02. The maximum absolute atomic E-state index is 13.1. The molecule has 1 fully saturated rings. The van der Waals surface area contributed by atoms with Gasteiger partial charge >= 0.3 is 12.0 Å². The fourth-order valence-electron chi connectivity index (χ4n) is 3.13. The van der Waals surface area contributed by atoms with Crippen LogP contribution in [0.2, 0.25) is 0 Å². The molecule has 0 spiro atoms. The van der Waals surface area contributed by atoms with Crippen LogP contribution in [0.4, 0.5) is 10.5 Å². The van der Waals surface area contributed by atoms with Crippen molar-refractivity contribution in [1.29, 1.82) is 0 Å². The summed E-state index contributed by atoms with van der Waals surface area (Å²) in [5, 5.41) is 11.2. The second-order valence-corrected chi connectivity index (χ2v) is 7.19. The zero-order valence-electron chi connectivity index (χ0n) is 18.0. The van der Waals surface area contributed by atoms with Gasteiger partial charge in [0.2, 0.25) is 0 Å². The van der Waals surface area contributed by atoms with Gasteiger partial charge in [-0.3, -0.25) is 14.9 Å². The Kier molecular flexibility index (Phi) is 6.29. The quantitative estimate of drug-likeness (QED) is 0.525. The molecule has 2 aromatic rings. The van der Waals surface area contributed by atoms with Crippen molar-refractivity contribution in [1.82, 2.24) is 5.32 Å². The molecule has 3 rings (SSSR count). The molecule has 0 radical (unpaired) electrons. The smallest absolute Gasteiger partial charge is 0.344 e. The van der Waals surface area contributed by atoms with Crippen molar-refractivity contribution in [3.8, 4) is 11.5 Å². The summed E-state index contributed by atoms with van der Waals surface area (Å²) in [5.74, 6) is -2.31. The molecule has 0 saturated carbocycles. The molecule has 32 heavy (non-hydrogen) atoms. The van der Waals surface area contributed by atoms with Crippen molar-refractivity contribution in [2.45, 2.75) is 26.9 Å². The molecule has 2 N–H and O–H groups in total. The summed E-state index contributed by atoms with van der Waals surface area (Å²) in [4.78, 5) is 49.9. The Labute approximate surface area is 184 Å². The molecule has 9 heteroatoms. The lowest BCUT2D eigenvalue weighted by Crippen LogP contribution is -2.54. The van der Waals surface area contributed by atoms with E-state index in [0.717, 1.165) is 16.0 Å². The number of benzene rings is 2. The fourth-order valence-corrected chi connectivity index (χ4v) is 3.13. The first-order valence-corrected chi connectivity index (χ1v) is 9.69. The van der Waals surface area contributed by atoms with Crippen molar-refractivity contribution < 1.29 is 33.8 Å². The van der Waals surface area contributed by atoms with Crippen LogP contribution in [0.3, 0.4) is 0 Å². The summed E-state index contributed by atoms with van der Waals surface area (Å²) in [6, 6.07) is 8.90. The lowest BCUT2D eigenvalue weighted by atomic mass is 10.0. The molecule has 4 amide bonds. The Morgan fingerprint density at radius 1 is 1.12 bits per heavy atom. The molecule has 0 bridgehead atoms. The third-order valence-corrected chi connectivity index (χ3v) is 5.07. The van der Waals surface area contributed by atoms with Gasteiger partial charge in [-0.15, -0.1) is 0 Å². The van der Waals surface area contributed by atoms with Crippen molar-refractivity contribution in [2.24, 2.45) is 0 Å². The zero-order chi connectivity index (χ0) is 23.6. The van der Waals surface area contributed by atoms with E-state index in [1.54, 1.807) is 25.1 Å². The third kappa shape index (κ3) is 4.31. The van der Waals surface area contributed by atoms with E-state index < -0.39 is 29.9 Å². The first kappa shape index (κ1) is 22.5. The number of anilines is 1. The van der Waals surface area contributed by atoms with Gasteiger partial charge < -0.3 is 14.6 Å². The molecule has 0 aliphatic carbocycles. The van der Waals surface area contributed by atoms with E-state index in [1.165, 1.54) is 32.2 Å². The van der Waals surface area contributed by atoms with Gasteiger partial charge in [-0.1, -0.05) is 18.2 Å². The normalized spacial score (nSPS) is 16.1. The van der Waals surface area contributed by atoms with Crippen LogP contribution >= 0.6 is 0 Å². The number of aryl methyl sites for hydroxylation is 1. The number of barbiturate groups is 1. The number of rotatable bonds is 6. The van der Waals surface area contributed by atoms with E-state index in [2.05, 4.69) is 5.32 Å². The number of urea groups is 1. The van der Waals surface area contributed by atoms with E-state index in [0.29, 0.717) is 11.3 Å². The highest BCUT2D eigenvalue weighted by molar-refractivity contribution is 6.39. The molecule has 166 valence electrons. The SMILES string of the molecule is COc1cc(/C=C2\C(=O)NC(=O)N(c3cccc(C)c3C)C2=O)ccc1OC(C)C(=O)O. The second kappa shape index (κ2) is 8.93. The molecule has 2 aromatic carbocycles. The van der Waals surface area contributed by atoms with Crippen LogP contribution in [0.5, 0.6) is 11.5 Å². The highest BCUT2D eigenvalue weighted by Crippen LogP contribution is 2.31.